The van der Waals surface area contributed by atoms with Crippen LogP contribution in [0, 0.1) is 5.92 Å². The number of rotatable bonds is 5. The summed E-state index contributed by atoms with van der Waals surface area (Å²) < 4.78 is 24.1. The normalized spacial score (nSPS) is 27.8. The second-order valence-electron chi connectivity index (χ2n) is 8.83. The fourth-order valence-electron chi connectivity index (χ4n) is 4.97. The zero-order valence-electron chi connectivity index (χ0n) is 18.0. The molecule has 0 radical (unpaired) electrons. The molecule has 3 aliphatic rings. The summed E-state index contributed by atoms with van der Waals surface area (Å²) >= 11 is 0. The third-order valence-electron chi connectivity index (χ3n) is 6.65. The Labute approximate surface area is 187 Å². The van der Waals surface area contributed by atoms with Crippen LogP contribution < -0.4 is 4.90 Å². The molecular weight excluding hydrogens is 434 g/mol. The molecule has 3 unspecified atom stereocenters. The fraction of sp³-hybridized carbons (Fsp3) is 0.545. The molecule has 4 rings (SSSR count). The third-order valence-corrected chi connectivity index (χ3v) is 8.40. The number of hydrogen-bond donors (Lipinski definition) is 0. The number of para-hydroxylation sites is 1. The monoisotopic (exact) mass is 461 g/mol. The van der Waals surface area contributed by atoms with Crippen molar-refractivity contribution in [1.82, 2.24) is 9.80 Å². The first-order chi connectivity index (χ1) is 15.2. The highest BCUT2D eigenvalue weighted by atomic mass is 32.2. The number of benzene rings is 1. The largest absolute Gasteiger partial charge is 0.334 e. The van der Waals surface area contributed by atoms with Crippen molar-refractivity contribution in [3.8, 4) is 0 Å². The lowest BCUT2D eigenvalue weighted by atomic mass is 9.85. The van der Waals surface area contributed by atoms with Crippen LogP contribution in [0.5, 0.6) is 0 Å². The minimum Gasteiger partial charge on any atom is -0.307 e. The molecule has 1 aromatic carbocycles. The molecule has 2 aliphatic heterocycles. The van der Waals surface area contributed by atoms with Crippen LogP contribution in [0.25, 0.3) is 0 Å². The van der Waals surface area contributed by atoms with Gasteiger partial charge in [0.2, 0.25) is 5.91 Å². The molecule has 1 saturated carbocycles. The Bertz CT molecular complexity index is 1040. The molecule has 1 aromatic rings. The maximum atomic E-state index is 13.3. The van der Waals surface area contributed by atoms with Gasteiger partial charge in [-0.2, -0.15) is 0 Å². The molecule has 172 valence electrons. The van der Waals surface area contributed by atoms with Gasteiger partial charge in [-0.05, 0) is 37.3 Å². The molecule has 0 bridgehead atoms. The van der Waals surface area contributed by atoms with Crippen LogP contribution in [0.3, 0.4) is 0 Å². The van der Waals surface area contributed by atoms with Crippen LogP contribution in [0.1, 0.15) is 39.0 Å². The van der Waals surface area contributed by atoms with Crippen LogP contribution in [0.15, 0.2) is 30.3 Å². The summed E-state index contributed by atoms with van der Waals surface area (Å²) in [7, 11) is -3.27. The molecule has 2 saturated heterocycles. The van der Waals surface area contributed by atoms with E-state index in [9.17, 15) is 27.6 Å². The smallest absolute Gasteiger partial charge is 0.307 e. The Morgan fingerprint density at radius 1 is 1.03 bits per heavy atom. The van der Waals surface area contributed by atoms with Gasteiger partial charge >= 0.3 is 17.8 Å². The molecule has 5 amide bonds. The highest BCUT2D eigenvalue weighted by Gasteiger charge is 2.50. The van der Waals surface area contributed by atoms with Crippen molar-refractivity contribution < 1.29 is 27.6 Å². The van der Waals surface area contributed by atoms with Gasteiger partial charge in [0.25, 0.3) is 0 Å². The first kappa shape index (κ1) is 22.4. The number of carbonyl (C=O) groups is 4. The summed E-state index contributed by atoms with van der Waals surface area (Å²) in [5, 5.41) is 0. The standard InChI is InChI=1S/C22H27N3O6S/c1-15-7-5-6-10-18(15)25-21(28)20(27)23(22(25)29)13-19(26)24(16-8-3-2-4-9-16)17-11-12-32(30,31)14-17/h2-4,8-9,15,17-18H,5-7,10-14H2,1H3. The molecule has 0 spiro atoms. The number of carbonyl (C=O) groups excluding carboxylic acids is 4. The Hall–Kier alpha value is -2.75. The predicted octanol–water partition coefficient (Wildman–Crippen LogP) is 1.58. The van der Waals surface area contributed by atoms with Crippen molar-refractivity contribution in [1.29, 1.82) is 0 Å². The molecule has 3 fully saturated rings. The van der Waals surface area contributed by atoms with Crippen LogP contribution in [0.2, 0.25) is 0 Å². The summed E-state index contributed by atoms with van der Waals surface area (Å²) in [4.78, 5) is 54.7. The maximum Gasteiger partial charge on any atom is 0.334 e. The highest BCUT2D eigenvalue weighted by Crippen LogP contribution is 2.31. The Balaban J connectivity index is 1.57. The average Bonchev–Trinajstić information content (AvgIpc) is 3.21. The van der Waals surface area contributed by atoms with E-state index in [4.69, 9.17) is 0 Å². The van der Waals surface area contributed by atoms with Crippen molar-refractivity contribution in [2.24, 2.45) is 5.92 Å². The molecule has 9 nitrogen and oxygen atoms in total. The van der Waals surface area contributed by atoms with E-state index in [0.29, 0.717) is 17.0 Å². The van der Waals surface area contributed by atoms with Gasteiger partial charge < -0.3 is 4.90 Å². The van der Waals surface area contributed by atoms with E-state index in [1.54, 1.807) is 30.3 Å². The van der Waals surface area contributed by atoms with Crippen molar-refractivity contribution in [2.45, 2.75) is 51.1 Å². The lowest BCUT2D eigenvalue weighted by molar-refractivity contribution is -0.145. The van der Waals surface area contributed by atoms with E-state index in [1.165, 1.54) is 4.90 Å². The predicted molar refractivity (Wildman–Crippen MR) is 116 cm³/mol. The van der Waals surface area contributed by atoms with Gasteiger partial charge in [0, 0.05) is 11.7 Å². The number of sulfone groups is 1. The van der Waals surface area contributed by atoms with Gasteiger partial charge in [0.05, 0.1) is 17.5 Å². The zero-order valence-corrected chi connectivity index (χ0v) is 18.8. The summed E-state index contributed by atoms with van der Waals surface area (Å²) in [6.07, 6.45) is 3.67. The van der Waals surface area contributed by atoms with Gasteiger partial charge in [-0.1, -0.05) is 38.0 Å². The maximum absolute atomic E-state index is 13.3. The van der Waals surface area contributed by atoms with E-state index in [2.05, 4.69) is 0 Å². The second kappa shape index (κ2) is 8.65. The molecule has 0 aromatic heterocycles. The molecular formula is C22H27N3O6S. The van der Waals surface area contributed by atoms with Crippen molar-refractivity contribution in [2.75, 3.05) is 23.0 Å². The summed E-state index contributed by atoms with van der Waals surface area (Å²) in [6.45, 7) is 1.35. The topological polar surface area (TPSA) is 112 Å². The lowest BCUT2D eigenvalue weighted by Crippen LogP contribution is -2.49. The molecule has 1 aliphatic carbocycles. The Morgan fingerprint density at radius 3 is 2.34 bits per heavy atom. The van der Waals surface area contributed by atoms with Gasteiger partial charge in [-0.25, -0.2) is 18.1 Å². The van der Waals surface area contributed by atoms with Gasteiger partial charge in [0.15, 0.2) is 9.84 Å². The van der Waals surface area contributed by atoms with E-state index >= 15 is 0 Å². The van der Waals surface area contributed by atoms with Crippen LogP contribution in [0.4, 0.5) is 10.5 Å². The van der Waals surface area contributed by atoms with E-state index in [0.717, 1.165) is 24.2 Å². The number of anilines is 1. The lowest BCUT2D eigenvalue weighted by Gasteiger charge is -2.34. The van der Waals surface area contributed by atoms with Gasteiger partial charge in [-0.3, -0.25) is 19.3 Å². The first-order valence-corrected chi connectivity index (χ1v) is 12.8. The minimum atomic E-state index is -3.27. The Kier molecular flexibility index (Phi) is 6.07. The van der Waals surface area contributed by atoms with Gasteiger partial charge in [0.1, 0.15) is 6.54 Å². The highest BCUT2D eigenvalue weighted by molar-refractivity contribution is 7.91. The summed E-state index contributed by atoms with van der Waals surface area (Å²) in [5.74, 6) is -2.61. The number of amides is 5. The van der Waals surface area contributed by atoms with E-state index < -0.39 is 46.2 Å². The van der Waals surface area contributed by atoms with Gasteiger partial charge in [-0.15, -0.1) is 0 Å². The Morgan fingerprint density at radius 2 is 1.72 bits per heavy atom. The van der Waals surface area contributed by atoms with Crippen LogP contribution in [-0.4, -0.2) is 72.1 Å². The minimum absolute atomic E-state index is 0.0261. The van der Waals surface area contributed by atoms with Crippen molar-refractivity contribution in [3.05, 3.63) is 30.3 Å². The fourth-order valence-corrected chi connectivity index (χ4v) is 6.67. The van der Waals surface area contributed by atoms with E-state index in [-0.39, 0.29) is 29.9 Å². The second-order valence-corrected chi connectivity index (χ2v) is 11.1. The van der Waals surface area contributed by atoms with E-state index in [1.807, 2.05) is 6.92 Å². The molecule has 2 heterocycles. The third kappa shape index (κ3) is 4.15. The quantitative estimate of drug-likeness (QED) is 0.486. The molecule has 32 heavy (non-hydrogen) atoms. The molecule has 0 N–H and O–H groups in total. The number of urea groups is 1. The molecule has 10 heteroatoms. The van der Waals surface area contributed by atoms with Crippen molar-refractivity contribution in [3.63, 3.8) is 0 Å². The number of hydrogen-bond acceptors (Lipinski definition) is 6. The van der Waals surface area contributed by atoms with Crippen LogP contribution in [-0.2, 0) is 24.2 Å². The molecule has 3 atom stereocenters. The average molecular weight is 462 g/mol. The SMILES string of the molecule is CC1CCCCC1N1C(=O)C(=O)N(CC(=O)N(c2ccccc2)C2CCS(=O)(=O)C2)C1=O. The zero-order chi connectivity index (χ0) is 23.0. The summed E-state index contributed by atoms with van der Waals surface area (Å²) in [5.41, 5.74) is 0.489. The number of imide groups is 2. The summed E-state index contributed by atoms with van der Waals surface area (Å²) in [6, 6.07) is 6.87. The van der Waals surface area contributed by atoms with Crippen molar-refractivity contribution >= 4 is 39.3 Å². The number of nitrogens with zero attached hydrogens (tertiary/aromatic N) is 3. The first-order valence-electron chi connectivity index (χ1n) is 11.0. The van der Waals surface area contributed by atoms with Crippen LogP contribution >= 0.6 is 0 Å².